The SMILES string of the molecule is NS(=O)(=O)c1ccc(NC(=O)C(=O)NC(c2ccccc2)c2ccccc2)cc1. The molecule has 3 aromatic carbocycles. The van der Waals surface area contributed by atoms with Crippen molar-refractivity contribution in [1.82, 2.24) is 5.32 Å². The number of carbonyl (C=O) groups is 2. The molecule has 0 aliphatic carbocycles. The van der Waals surface area contributed by atoms with Gasteiger partial charge < -0.3 is 10.6 Å². The van der Waals surface area contributed by atoms with Crippen LogP contribution in [0.25, 0.3) is 0 Å². The van der Waals surface area contributed by atoms with Crippen LogP contribution < -0.4 is 15.8 Å². The molecule has 3 aromatic rings. The van der Waals surface area contributed by atoms with Crippen LogP contribution in [0, 0.1) is 0 Å². The minimum absolute atomic E-state index is 0.0897. The van der Waals surface area contributed by atoms with Crippen molar-refractivity contribution < 1.29 is 18.0 Å². The maximum atomic E-state index is 12.5. The van der Waals surface area contributed by atoms with Crippen LogP contribution in [0.15, 0.2) is 89.8 Å². The lowest BCUT2D eigenvalue weighted by Crippen LogP contribution is -2.38. The number of hydrogen-bond donors (Lipinski definition) is 3. The van der Waals surface area contributed by atoms with Crippen LogP contribution in [0.4, 0.5) is 5.69 Å². The third-order valence-corrected chi connectivity index (χ3v) is 5.12. The highest BCUT2D eigenvalue weighted by atomic mass is 32.2. The number of amides is 2. The summed E-state index contributed by atoms with van der Waals surface area (Å²) in [5.41, 5.74) is 1.93. The summed E-state index contributed by atoms with van der Waals surface area (Å²) in [4.78, 5) is 24.7. The van der Waals surface area contributed by atoms with Gasteiger partial charge >= 0.3 is 11.8 Å². The van der Waals surface area contributed by atoms with Gasteiger partial charge in [0.1, 0.15) is 0 Å². The van der Waals surface area contributed by atoms with E-state index in [4.69, 9.17) is 5.14 Å². The summed E-state index contributed by atoms with van der Waals surface area (Å²) >= 11 is 0. The molecule has 0 aliphatic heterocycles. The summed E-state index contributed by atoms with van der Waals surface area (Å²) in [7, 11) is -3.83. The van der Waals surface area contributed by atoms with Crippen LogP contribution in [0.3, 0.4) is 0 Å². The quantitative estimate of drug-likeness (QED) is 0.560. The molecule has 0 aliphatic rings. The van der Waals surface area contributed by atoms with Crippen LogP contribution in [-0.2, 0) is 19.6 Å². The highest BCUT2D eigenvalue weighted by Gasteiger charge is 2.21. The monoisotopic (exact) mass is 409 g/mol. The summed E-state index contributed by atoms with van der Waals surface area (Å²) in [5, 5.41) is 10.2. The smallest absolute Gasteiger partial charge is 0.313 e. The third-order valence-electron chi connectivity index (χ3n) is 4.19. The molecule has 0 saturated heterocycles. The molecule has 148 valence electrons. The van der Waals surface area contributed by atoms with Crippen LogP contribution in [0.2, 0.25) is 0 Å². The van der Waals surface area contributed by atoms with Gasteiger partial charge in [-0.15, -0.1) is 0 Å². The van der Waals surface area contributed by atoms with Crippen molar-refractivity contribution in [2.75, 3.05) is 5.32 Å². The Labute approximate surface area is 168 Å². The van der Waals surface area contributed by atoms with Crippen LogP contribution in [-0.4, -0.2) is 20.2 Å². The van der Waals surface area contributed by atoms with Gasteiger partial charge in [-0.3, -0.25) is 9.59 Å². The van der Waals surface area contributed by atoms with Crippen molar-refractivity contribution in [2.45, 2.75) is 10.9 Å². The normalized spacial score (nSPS) is 11.1. The fourth-order valence-corrected chi connectivity index (χ4v) is 3.28. The molecule has 0 fully saturated rings. The number of benzene rings is 3. The van der Waals surface area contributed by atoms with Crippen molar-refractivity contribution in [3.8, 4) is 0 Å². The maximum absolute atomic E-state index is 12.5. The lowest BCUT2D eigenvalue weighted by molar-refractivity contribution is -0.136. The summed E-state index contributed by atoms with van der Waals surface area (Å²) in [6.07, 6.45) is 0. The second kappa shape index (κ2) is 8.68. The van der Waals surface area contributed by atoms with Gasteiger partial charge in [-0.25, -0.2) is 13.6 Å². The van der Waals surface area contributed by atoms with Gasteiger partial charge in [0.25, 0.3) is 0 Å². The van der Waals surface area contributed by atoms with Crippen molar-refractivity contribution in [3.63, 3.8) is 0 Å². The molecule has 8 heteroatoms. The minimum atomic E-state index is -3.83. The lowest BCUT2D eigenvalue weighted by atomic mass is 9.99. The molecule has 0 radical (unpaired) electrons. The number of nitrogens with one attached hydrogen (secondary N) is 2. The van der Waals surface area contributed by atoms with Gasteiger partial charge in [-0.1, -0.05) is 60.7 Å². The average Bonchev–Trinajstić information content (AvgIpc) is 2.73. The van der Waals surface area contributed by atoms with Gasteiger partial charge in [0, 0.05) is 5.69 Å². The first-order chi connectivity index (χ1) is 13.8. The summed E-state index contributed by atoms with van der Waals surface area (Å²) in [6, 6.07) is 23.3. The zero-order chi connectivity index (χ0) is 20.9. The first kappa shape index (κ1) is 20.2. The first-order valence-corrected chi connectivity index (χ1v) is 10.2. The van der Waals surface area contributed by atoms with Crippen molar-refractivity contribution >= 4 is 27.5 Å². The molecule has 2 amide bonds. The number of nitrogens with two attached hydrogens (primary N) is 1. The first-order valence-electron chi connectivity index (χ1n) is 8.69. The molecule has 0 atom stereocenters. The molecule has 0 heterocycles. The third kappa shape index (κ3) is 5.28. The molecule has 0 bridgehead atoms. The maximum Gasteiger partial charge on any atom is 0.313 e. The average molecular weight is 409 g/mol. The van der Waals surface area contributed by atoms with Crippen LogP contribution in [0.1, 0.15) is 17.2 Å². The highest BCUT2D eigenvalue weighted by Crippen LogP contribution is 2.21. The summed E-state index contributed by atoms with van der Waals surface area (Å²) in [6.45, 7) is 0. The molecule has 3 rings (SSSR count). The van der Waals surface area contributed by atoms with E-state index >= 15 is 0 Å². The van der Waals surface area contributed by atoms with Crippen molar-refractivity contribution in [3.05, 3.63) is 96.1 Å². The number of anilines is 1. The molecule has 29 heavy (non-hydrogen) atoms. The van der Waals surface area contributed by atoms with Gasteiger partial charge in [0.15, 0.2) is 0 Å². The molecule has 0 saturated carbocycles. The van der Waals surface area contributed by atoms with Gasteiger partial charge in [0.2, 0.25) is 10.0 Å². The van der Waals surface area contributed by atoms with Crippen LogP contribution >= 0.6 is 0 Å². The van der Waals surface area contributed by atoms with Gasteiger partial charge in [0.05, 0.1) is 10.9 Å². The predicted molar refractivity (Wildman–Crippen MR) is 109 cm³/mol. The minimum Gasteiger partial charge on any atom is -0.337 e. The second-order valence-electron chi connectivity index (χ2n) is 6.25. The standard InChI is InChI=1S/C21H19N3O4S/c22-29(27,28)18-13-11-17(12-14-18)23-20(25)21(26)24-19(15-7-3-1-4-8-15)16-9-5-2-6-10-16/h1-14,19H,(H,23,25)(H,24,26)(H2,22,27,28). The summed E-state index contributed by atoms with van der Waals surface area (Å²) < 4.78 is 22.6. The van der Waals surface area contributed by atoms with Crippen molar-refractivity contribution in [1.29, 1.82) is 0 Å². The molecule has 0 spiro atoms. The number of hydrogen-bond acceptors (Lipinski definition) is 4. The zero-order valence-corrected chi connectivity index (χ0v) is 16.1. The topological polar surface area (TPSA) is 118 Å². The van der Waals surface area contributed by atoms with E-state index < -0.39 is 27.9 Å². The van der Waals surface area contributed by atoms with Crippen LogP contribution in [0.5, 0.6) is 0 Å². The number of primary sulfonamides is 1. The van der Waals surface area contributed by atoms with Gasteiger partial charge in [-0.2, -0.15) is 0 Å². The molecular formula is C21H19N3O4S. The number of carbonyl (C=O) groups excluding carboxylic acids is 2. The molecule has 0 unspecified atom stereocenters. The molecular weight excluding hydrogens is 390 g/mol. The Morgan fingerprint density at radius 3 is 1.66 bits per heavy atom. The molecule has 7 nitrogen and oxygen atoms in total. The second-order valence-corrected chi connectivity index (χ2v) is 7.81. The lowest BCUT2D eigenvalue weighted by Gasteiger charge is -2.19. The van der Waals surface area contributed by atoms with Gasteiger partial charge in [-0.05, 0) is 35.4 Å². The highest BCUT2D eigenvalue weighted by molar-refractivity contribution is 7.89. The number of sulfonamides is 1. The van der Waals surface area contributed by atoms with E-state index in [0.717, 1.165) is 11.1 Å². The van der Waals surface area contributed by atoms with E-state index in [1.165, 1.54) is 24.3 Å². The zero-order valence-electron chi connectivity index (χ0n) is 15.3. The van der Waals surface area contributed by atoms with E-state index in [0.29, 0.717) is 0 Å². The van der Waals surface area contributed by atoms with E-state index in [2.05, 4.69) is 10.6 Å². The fraction of sp³-hybridized carbons (Fsp3) is 0.0476. The van der Waals surface area contributed by atoms with E-state index in [1.54, 1.807) is 0 Å². The largest absolute Gasteiger partial charge is 0.337 e. The van der Waals surface area contributed by atoms with E-state index in [1.807, 2.05) is 60.7 Å². The Bertz CT molecular complexity index is 1060. The Morgan fingerprint density at radius 1 is 0.724 bits per heavy atom. The Kier molecular flexibility index (Phi) is 6.06. The van der Waals surface area contributed by atoms with E-state index in [9.17, 15) is 18.0 Å². The molecule has 4 N–H and O–H groups in total. The molecule has 0 aromatic heterocycles. The van der Waals surface area contributed by atoms with Crippen molar-refractivity contribution in [2.24, 2.45) is 5.14 Å². The fourth-order valence-electron chi connectivity index (χ4n) is 2.76. The predicted octanol–water partition coefficient (Wildman–Crippen LogP) is 2.18. The number of rotatable bonds is 5. The summed E-state index contributed by atoms with van der Waals surface area (Å²) in [5.74, 6) is -1.69. The Hall–Kier alpha value is -3.49. The Balaban J connectivity index is 1.75. The Morgan fingerprint density at radius 2 is 1.21 bits per heavy atom. The van der Waals surface area contributed by atoms with E-state index in [-0.39, 0.29) is 10.6 Å².